The highest BCUT2D eigenvalue weighted by molar-refractivity contribution is 7.71. The zero-order chi connectivity index (χ0) is 13.1. The van der Waals surface area contributed by atoms with E-state index >= 15 is 0 Å². The molecule has 0 amide bonds. The summed E-state index contributed by atoms with van der Waals surface area (Å²) in [5.41, 5.74) is -1.24. The zero-order valence-electron chi connectivity index (χ0n) is 9.74. The van der Waals surface area contributed by atoms with E-state index in [0.29, 0.717) is 4.64 Å². The Morgan fingerprint density at radius 3 is 2.94 bits per heavy atom. The fourth-order valence-electron chi connectivity index (χ4n) is 2.99. The highest BCUT2D eigenvalue weighted by Crippen LogP contribution is 2.61. The molecule has 7 heteroatoms. The van der Waals surface area contributed by atoms with Crippen LogP contribution in [0.2, 0.25) is 0 Å². The molecule has 2 heterocycles. The van der Waals surface area contributed by atoms with Crippen molar-refractivity contribution in [2.24, 2.45) is 11.8 Å². The number of aromatic nitrogens is 2. The van der Waals surface area contributed by atoms with Gasteiger partial charge in [0, 0.05) is 18.0 Å². The van der Waals surface area contributed by atoms with Crippen LogP contribution in [0.5, 0.6) is 0 Å². The number of aliphatic hydroxyl groups is 2. The van der Waals surface area contributed by atoms with Gasteiger partial charge in [-0.2, -0.15) is 0 Å². The molecular weight excluding hydrogens is 256 g/mol. The first-order chi connectivity index (χ1) is 8.51. The van der Waals surface area contributed by atoms with Gasteiger partial charge in [-0.25, -0.2) is 4.79 Å². The molecule has 5 atom stereocenters. The van der Waals surface area contributed by atoms with E-state index in [1.807, 2.05) is 6.92 Å². The summed E-state index contributed by atoms with van der Waals surface area (Å²) in [6.07, 6.45) is 0.446. The molecule has 1 aliphatic heterocycles. The van der Waals surface area contributed by atoms with Gasteiger partial charge in [-0.1, -0.05) is 19.1 Å². The quantitative estimate of drug-likeness (QED) is 0.647. The van der Waals surface area contributed by atoms with Gasteiger partial charge in [0.1, 0.15) is 16.5 Å². The van der Waals surface area contributed by atoms with E-state index in [4.69, 9.17) is 17.0 Å². The van der Waals surface area contributed by atoms with E-state index < -0.39 is 17.9 Å². The Morgan fingerprint density at radius 1 is 1.67 bits per heavy atom. The Hall–Kier alpha value is -1.02. The maximum atomic E-state index is 11.8. The monoisotopic (exact) mass is 270 g/mol. The van der Waals surface area contributed by atoms with E-state index in [9.17, 15) is 15.0 Å². The lowest BCUT2D eigenvalue weighted by atomic mass is 10.0. The van der Waals surface area contributed by atoms with E-state index in [0.717, 1.165) is 0 Å². The van der Waals surface area contributed by atoms with Crippen LogP contribution in [0, 0.1) is 16.5 Å². The molecule has 3 rings (SSSR count). The minimum Gasteiger partial charge on any atom is -0.393 e. The fraction of sp³-hybridized carbons (Fsp3) is 0.636. The third-order valence-electron chi connectivity index (χ3n) is 4.02. The van der Waals surface area contributed by atoms with Gasteiger partial charge >= 0.3 is 5.69 Å². The van der Waals surface area contributed by atoms with Crippen LogP contribution in [0.1, 0.15) is 13.2 Å². The minimum atomic E-state index is -0.893. The maximum absolute atomic E-state index is 11.8. The second-order valence-corrected chi connectivity index (χ2v) is 5.41. The first kappa shape index (κ1) is 12.0. The minimum absolute atomic E-state index is 0.0470. The van der Waals surface area contributed by atoms with Crippen LogP contribution in [-0.4, -0.2) is 38.1 Å². The highest BCUT2D eigenvalue weighted by atomic mass is 32.1. The first-order valence-corrected chi connectivity index (χ1v) is 6.20. The van der Waals surface area contributed by atoms with Gasteiger partial charge in [0.15, 0.2) is 0 Å². The van der Waals surface area contributed by atoms with Crippen LogP contribution in [0.4, 0.5) is 0 Å². The van der Waals surface area contributed by atoms with E-state index in [1.165, 1.54) is 4.57 Å². The zero-order valence-corrected chi connectivity index (χ0v) is 10.6. The van der Waals surface area contributed by atoms with Crippen molar-refractivity contribution >= 4 is 12.2 Å². The van der Waals surface area contributed by atoms with Crippen LogP contribution in [-0.2, 0) is 4.74 Å². The lowest BCUT2D eigenvalue weighted by Gasteiger charge is -2.23. The van der Waals surface area contributed by atoms with Gasteiger partial charge in [-0.15, -0.1) is 0 Å². The van der Waals surface area contributed by atoms with Gasteiger partial charge in [0.2, 0.25) is 0 Å². The van der Waals surface area contributed by atoms with Crippen LogP contribution >= 0.6 is 12.2 Å². The van der Waals surface area contributed by atoms with Crippen molar-refractivity contribution in [2.45, 2.75) is 24.9 Å². The van der Waals surface area contributed by atoms with Crippen LogP contribution < -0.4 is 5.69 Å². The smallest absolute Gasteiger partial charge is 0.328 e. The molecule has 1 saturated heterocycles. The average Bonchev–Trinajstić information content (AvgIpc) is 2.77. The van der Waals surface area contributed by atoms with Crippen LogP contribution in [0.25, 0.3) is 0 Å². The van der Waals surface area contributed by atoms with E-state index in [2.05, 4.69) is 4.98 Å². The van der Waals surface area contributed by atoms with Gasteiger partial charge in [0.05, 0.1) is 12.7 Å². The lowest BCUT2D eigenvalue weighted by Crippen LogP contribution is -2.33. The summed E-state index contributed by atoms with van der Waals surface area (Å²) in [4.78, 5) is 14.3. The number of hydrogen-bond acceptors (Lipinski definition) is 5. The maximum Gasteiger partial charge on any atom is 0.328 e. The second-order valence-electron chi connectivity index (χ2n) is 4.97. The number of rotatable bonds is 2. The van der Waals surface area contributed by atoms with Crippen LogP contribution in [0.3, 0.4) is 0 Å². The van der Waals surface area contributed by atoms with Crippen molar-refractivity contribution in [1.29, 1.82) is 0 Å². The van der Waals surface area contributed by atoms with Gasteiger partial charge in [-0.3, -0.25) is 9.55 Å². The Labute approximate surface area is 108 Å². The Balaban J connectivity index is 1.96. The molecule has 6 nitrogen and oxygen atoms in total. The molecule has 0 spiro atoms. The number of nitrogens with zero attached hydrogens (tertiary/aromatic N) is 1. The summed E-state index contributed by atoms with van der Waals surface area (Å²) in [6, 6.07) is 1.61. The molecule has 0 radical (unpaired) electrons. The molecule has 1 saturated carbocycles. The molecule has 1 aromatic rings. The number of H-pyrrole nitrogens is 1. The summed E-state index contributed by atoms with van der Waals surface area (Å²) in [6.45, 7) is 1.66. The molecule has 0 bridgehead atoms. The van der Waals surface area contributed by atoms with Gasteiger partial charge in [0.25, 0.3) is 0 Å². The standard InChI is InChI=1S/C11H14N2O4S/c1-5-7-8(15)11(7,4-14)17-9(5)13-3-2-6(18)12-10(13)16/h2-3,5,7-9,14-15H,4H2,1H3,(H,12,16,18)/t5?,7?,8-,9-,11?/m1/s1. The van der Waals surface area contributed by atoms with Crippen LogP contribution in [0.15, 0.2) is 17.1 Å². The molecule has 18 heavy (non-hydrogen) atoms. The molecular formula is C11H14N2O4S. The predicted octanol–water partition coefficient (Wildman–Crippen LogP) is -0.207. The summed E-state index contributed by atoms with van der Waals surface area (Å²) >= 11 is 4.87. The highest BCUT2D eigenvalue weighted by Gasteiger charge is 2.74. The van der Waals surface area contributed by atoms with Crippen molar-refractivity contribution in [2.75, 3.05) is 6.61 Å². The summed E-state index contributed by atoms with van der Waals surface area (Å²) in [7, 11) is 0. The Kier molecular flexibility index (Phi) is 2.50. The predicted molar refractivity (Wildman–Crippen MR) is 64.5 cm³/mol. The van der Waals surface area contributed by atoms with E-state index in [-0.39, 0.29) is 24.1 Å². The summed E-state index contributed by atoms with van der Waals surface area (Å²) < 4.78 is 7.49. The molecule has 3 unspecified atom stereocenters. The summed E-state index contributed by atoms with van der Waals surface area (Å²) in [5.74, 6) is -0.170. The second kappa shape index (κ2) is 3.74. The summed E-state index contributed by atoms with van der Waals surface area (Å²) in [5, 5.41) is 19.1. The third kappa shape index (κ3) is 1.38. The van der Waals surface area contributed by atoms with Gasteiger partial charge in [-0.05, 0) is 6.07 Å². The lowest BCUT2D eigenvalue weighted by molar-refractivity contribution is -0.1000. The molecule has 1 aromatic heterocycles. The first-order valence-electron chi connectivity index (χ1n) is 5.79. The third-order valence-corrected chi connectivity index (χ3v) is 4.26. The average molecular weight is 270 g/mol. The molecule has 1 aliphatic carbocycles. The normalized spacial score (nSPS) is 41.7. The largest absolute Gasteiger partial charge is 0.393 e. The number of hydrogen-bond donors (Lipinski definition) is 3. The Bertz CT molecular complexity index is 597. The number of ether oxygens (including phenoxy) is 1. The van der Waals surface area contributed by atoms with Crippen molar-refractivity contribution in [3.63, 3.8) is 0 Å². The number of aromatic amines is 1. The van der Waals surface area contributed by atoms with Crippen molar-refractivity contribution in [3.05, 3.63) is 27.4 Å². The molecule has 2 aliphatic rings. The van der Waals surface area contributed by atoms with Gasteiger partial charge < -0.3 is 14.9 Å². The SMILES string of the molecule is CC1C2[C@@H](O)C2(CO)O[C@H]1n1ccc(=S)[nH]c1=O. The van der Waals surface area contributed by atoms with E-state index in [1.54, 1.807) is 12.3 Å². The molecule has 0 aromatic carbocycles. The molecule has 3 N–H and O–H groups in total. The number of fused-ring (bicyclic) bond motifs is 1. The van der Waals surface area contributed by atoms with Crippen molar-refractivity contribution in [1.82, 2.24) is 9.55 Å². The fourth-order valence-corrected chi connectivity index (χ4v) is 3.14. The molecule has 2 fully saturated rings. The van der Waals surface area contributed by atoms with Crippen molar-refractivity contribution in [3.8, 4) is 0 Å². The number of nitrogens with one attached hydrogen (secondary N) is 1. The Morgan fingerprint density at radius 2 is 2.39 bits per heavy atom. The van der Waals surface area contributed by atoms with Crippen molar-refractivity contribution < 1.29 is 14.9 Å². The number of aliphatic hydroxyl groups excluding tert-OH is 2. The topological polar surface area (TPSA) is 87.5 Å². The molecule has 98 valence electrons.